The molecule has 0 rings (SSSR count). The first-order valence-corrected chi connectivity index (χ1v) is 6.67. The van der Waals surface area contributed by atoms with Crippen molar-refractivity contribution in [3.05, 3.63) is 0 Å². The number of hydrogen-bond donors (Lipinski definition) is 4. The third kappa shape index (κ3) is 8.77. The first-order chi connectivity index (χ1) is 9.92. The number of carbonyl (C=O) groups is 4. The van der Waals surface area contributed by atoms with E-state index in [1.54, 1.807) is 20.8 Å². The number of alkyl carbamates (subject to hydrolysis) is 1. The molecule has 0 fully saturated rings. The molecule has 0 aromatic carbocycles. The number of rotatable bonds is 7. The highest BCUT2D eigenvalue weighted by molar-refractivity contribution is 5.89. The van der Waals surface area contributed by atoms with Gasteiger partial charge in [0.25, 0.3) is 0 Å². The van der Waals surface area contributed by atoms with Gasteiger partial charge in [0, 0.05) is 6.42 Å². The van der Waals surface area contributed by atoms with E-state index in [9.17, 15) is 19.2 Å². The molecular formula is C13H22N2O7. The Labute approximate surface area is 128 Å². The zero-order chi connectivity index (χ0) is 17.5. The van der Waals surface area contributed by atoms with Crippen molar-refractivity contribution in [2.24, 2.45) is 0 Å². The maximum atomic E-state index is 11.8. The molecule has 22 heavy (non-hydrogen) atoms. The summed E-state index contributed by atoms with van der Waals surface area (Å²) in [5.74, 6) is -3.26. The zero-order valence-corrected chi connectivity index (χ0v) is 13.0. The van der Waals surface area contributed by atoms with Crippen molar-refractivity contribution in [3.63, 3.8) is 0 Å². The van der Waals surface area contributed by atoms with Crippen molar-refractivity contribution in [1.82, 2.24) is 10.6 Å². The maximum Gasteiger partial charge on any atom is 0.408 e. The molecule has 2 unspecified atom stereocenters. The number of nitrogens with one attached hydrogen (secondary N) is 2. The minimum absolute atomic E-state index is 0.254. The second kappa shape index (κ2) is 8.20. The Morgan fingerprint density at radius 3 is 2.05 bits per heavy atom. The molecule has 0 saturated heterocycles. The predicted molar refractivity (Wildman–Crippen MR) is 75.3 cm³/mol. The Hall–Kier alpha value is -2.32. The fourth-order valence-electron chi connectivity index (χ4n) is 1.37. The maximum absolute atomic E-state index is 11.8. The van der Waals surface area contributed by atoms with Gasteiger partial charge in [-0.1, -0.05) is 0 Å². The molecule has 2 atom stereocenters. The normalized spacial score (nSPS) is 13.6. The summed E-state index contributed by atoms with van der Waals surface area (Å²) < 4.78 is 4.97. The number of hydrogen-bond acceptors (Lipinski definition) is 5. The van der Waals surface area contributed by atoms with Crippen molar-refractivity contribution >= 4 is 23.9 Å². The molecule has 0 aromatic heterocycles. The molecular weight excluding hydrogens is 296 g/mol. The molecule has 0 aliphatic heterocycles. The zero-order valence-electron chi connectivity index (χ0n) is 13.0. The Bertz CT molecular complexity index is 442. The van der Waals surface area contributed by atoms with Gasteiger partial charge in [-0.05, 0) is 34.1 Å². The van der Waals surface area contributed by atoms with Gasteiger partial charge in [0.05, 0.1) is 0 Å². The Morgan fingerprint density at radius 2 is 1.64 bits per heavy atom. The van der Waals surface area contributed by atoms with E-state index in [0.717, 1.165) is 0 Å². The number of amides is 2. The van der Waals surface area contributed by atoms with Crippen LogP contribution in [0.15, 0.2) is 0 Å². The third-order valence-corrected chi connectivity index (χ3v) is 2.39. The predicted octanol–water partition coefficient (Wildman–Crippen LogP) is 0.334. The van der Waals surface area contributed by atoms with Crippen LogP contribution in [0.5, 0.6) is 0 Å². The second-order valence-electron chi connectivity index (χ2n) is 5.70. The Balaban J connectivity index is 4.50. The van der Waals surface area contributed by atoms with E-state index in [2.05, 4.69) is 10.6 Å². The number of aliphatic carboxylic acids is 2. The van der Waals surface area contributed by atoms with Gasteiger partial charge >= 0.3 is 18.0 Å². The van der Waals surface area contributed by atoms with Crippen molar-refractivity contribution < 1.29 is 34.1 Å². The van der Waals surface area contributed by atoms with E-state index < -0.39 is 48.0 Å². The molecule has 0 radical (unpaired) electrons. The smallest absolute Gasteiger partial charge is 0.408 e. The number of carboxylic acid groups (broad SMARTS) is 2. The molecule has 0 aromatic rings. The van der Waals surface area contributed by atoms with Crippen LogP contribution in [0, 0.1) is 0 Å². The van der Waals surface area contributed by atoms with Crippen LogP contribution in [0.4, 0.5) is 4.79 Å². The fourth-order valence-corrected chi connectivity index (χ4v) is 1.37. The minimum Gasteiger partial charge on any atom is -0.481 e. The fraction of sp³-hybridized carbons (Fsp3) is 0.692. The van der Waals surface area contributed by atoms with Gasteiger partial charge in [-0.15, -0.1) is 0 Å². The summed E-state index contributed by atoms with van der Waals surface area (Å²) in [6.45, 7) is 6.33. The van der Waals surface area contributed by atoms with Crippen LogP contribution in [0.1, 0.15) is 40.5 Å². The number of carboxylic acids is 2. The van der Waals surface area contributed by atoms with E-state index in [-0.39, 0.29) is 6.42 Å². The lowest BCUT2D eigenvalue weighted by Gasteiger charge is -2.22. The van der Waals surface area contributed by atoms with E-state index in [1.807, 2.05) is 0 Å². The van der Waals surface area contributed by atoms with Crippen LogP contribution >= 0.6 is 0 Å². The van der Waals surface area contributed by atoms with E-state index in [4.69, 9.17) is 14.9 Å². The van der Waals surface area contributed by atoms with Crippen molar-refractivity contribution in [2.75, 3.05) is 0 Å². The first-order valence-electron chi connectivity index (χ1n) is 6.67. The van der Waals surface area contributed by atoms with Crippen molar-refractivity contribution in [2.45, 2.75) is 58.2 Å². The Kier molecular flexibility index (Phi) is 7.34. The van der Waals surface area contributed by atoms with Crippen LogP contribution in [0.25, 0.3) is 0 Å². The first kappa shape index (κ1) is 19.7. The third-order valence-electron chi connectivity index (χ3n) is 2.39. The van der Waals surface area contributed by atoms with Crippen LogP contribution in [0.3, 0.4) is 0 Å². The van der Waals surface area contributed by atoms with Crippen molar-refractivity contribution in [3.8, 4) is 0 Å². The second-order valence-corrected chi connectivity index (χ2v) is 5.70. The minimum atomic E-state index is -1.35. The van der Waals surface area contributed by atoms with E-state index >= 15 is 0 Å². The summed E-state index contributed by atoms with van der Waals surface area (Å²) in [6, 6.07) is -2.37. The van der Waals surface area contributed by atoms with Gasteiger partial charge in [-0.2, -0.15) is 0 Å². The van der Waals surface area contributed by atoms with Gasteiger partial charge in [0.2, 0.25) is 5.91 Å². The quantitative estimate of drug-likeness (QED) is 0.530. The summed E-state index contributed by atoms with van der Waals surface area (Å²) >= 11 is 0. The molecule has 2 amide bonds. The summed E-state index contributed by atoms with van der Waals surface area (Å²) in [7, 11) is 0. The molecule has 9 nitrogen and oxygen atoms in total. The average Bonchev–Trinajstić information content (AvgIpc) is 2.30. The average molecular weight is 318 g/mol. The van der Waals surface area contributed by atoms with Crippen LogP contribution in [-0.4, -0.2) is 51.8 Å². The Morgan fingerprint density at radius 1 is 1.09 bits per heavy atom. The molecule has 0 saturated carbocycles. The molecule has 0 heterocycles. The van der Waals surface area contributed by atoms with Crippen LogP contribution < -0.4 is 10.6 Å². The molecule has 0 aliphatic rings. The lowest BCUT2D eigenvalue weighted by molar-refractivity contribution is -0.143. The highest BCUT2D eigenvalue weighted by Gasteiger charge is 2.25. The topological polar surface area (TPSA) is 142 Å². The van der Waals surface area contributed by atoms with E-state index in [0.29, 0.717) is 0 Å². The lowest BCUT2D eigenvalue weighted by Crippen LogP contribution is -2.51. The summed E-state index contributed by atoms with van der Waals surface area (Å²) in [5.41, 5.74) is -0.731. The van der Waals surface area contributed by atoms with Gasteiger partial charge in [0.15, 0.2) is 0 Å². The van der Waals surface area contributed by atoms with E-state index in [1.165, 1.54) is 6.92 Å². The highest BCUT2D eigenvalue weighted by Crippen LogP contribution is 2.07. The molecule has 0 bridgehead atoms. The molecule has 9 heteroatoms. The van der Waals surface area contributed by atoms with Gasteiger partial charge in [0.1, 0.15) is 17.7 Å². The molecule has 126 valence electrons. The standard InChI is InChI=1S/C13H22N2O7/c1-7(14-12(21)22-13(2,3)4)10(18)15-8(11(19)20)5-6-9(16)17/h7-8H,5-6H2,1-4H3,(H,14,21)(H,15,18)(H,16,17)(H,19,20). The summed E-state index contributed by atoms with van der Waals surface area (Å²) in [6.07, 6.45) is -1.46. The van der Waals surface area contributed by atoms with Gasteiger partial charge in [-0.3, -0.25) is 9.59 Å². The summed E-state index contributed by atoms with van der Waals surface area (Å²) in [5, 5.41) is 21.9. The van der Waals surface area contributed by atoms with Gasteiger partial charge in [-0.25, -0.2) is 9.59 Å². The van der Waals surface area contributed by atoms with Crippen molar-refractivity contribution in [1.29, 1.82) is 0 Å². The summed E-state index contributed by atoms with van der Waals surface area (Å²) in [4.78, 5) is 44.7. The highest BCUT2D eigenvalue weighted by atomic mass is 16.6. The molecule has 4 N–H and O–H groups in total. The monoisotopic (exact) mass is 318 g/mol. The SMILES string of the molecule is CC(NC(=O)OC(C)(C)C)C(=O)NC(CCC(=O)O)C(=O)O. The lowest BCUT2D eigenvalue weighted by atomic mass is 10.1. The number of carbonyl (C=O) groups excluding carboxylic acids is 2. The van der Waals surface area contributed by atoms with Gasteiger partial charge < -0.3 is 25.6 Å². The van der Waals surface area contributed by atoms with Crippen LogP contribution in [0.2, 0.25) is 0 Å². The molecule has 0 spiro atoms. The van der Waals surface area contributed by atoms with Crippen LogP contribution in [-0.2, 0) is 19.1 Å². The molecule has 0 aliphatic carbocycles. The number of ether oxygens (including phenoxy) is 1. The largest absolute Gasteiger partial charge is 0.481 e.